The van der Waals surface area contributed by atoms with Gasteiger partial charge in [-0.3, -0.25) is 0 Å². The molecule has 170 valence electrons. The quantitative estimate of drug-likeness (QED) is 0.376. The predicted molar refractivity (Wildman–Crippen MR) is 146 cm³/mol. The summed E-state index contributed by atoms with van der Waals surface area (Å²) in [6.45, 7) is 27.7. The molecule has 0 saturated carbocycles. The molecule has 2 aromatic carbocycles. The van der Waals surface area contributed by atoms with Crippen molar-refractivity contribution in [2.45, 2.75) is 61.8 Å². The molecular formula is C30H45N. The molecule has 2 aromatic rings. The standard InChI is InChI=1S/C11H15N.C11H14.C6H10.C2H6/c1-8(2)10-7-9(3)5-6-11(10)12-4;1-9(2)8-11-6-4-10(3)5-7-11;1-4-5-6(2)3;1-2/h5-7,12H,1H2,2-4H3;4-7H,1,8H2,2-3H3;4-5H,2H2,1,3H3;1-2H3/b;;5-4-;. The van der Waals surface area contributed by atoms with Crippen molar-refractivity contribution in [1.29, 1.82) is 0 Å². The van der Waals surface area contributed by atoms with Crippen molar-refractivity contribution in [3.05, 3.63) is 108 Å². The fraction of sp³-hybridized carbons (Fsp3) is 0.333. The molecule has 0 aliphatic rings. The van der Waals surface area contributed by atoms with Crippen molar-refractivity contribution in [2.24, 2.45) is 0 Å². The molecule has 0 aromatic heterocycles. The Bertz CT molecular complexity index is 820. The van der Waals surface area contributed by atoms with Crippen molar-refractivity contribution in [3.63, 3.8) is 0 Å². The molecule has 0 bridgehead atoms. The Morgan fingerprint density at radius 2 is 1.39 bits per heavy atom. The molecule has 1 N–H and O–H groups in total. The molecule has 0 heterocycles. The number of benzene rings is 2. The van der Waals surface area contributed by atoms with Crippen LogP contribution in [0.3, 0.4) is 0 Å². The molecule has 31 heavy (non-hydrogen) atoms. The number of hydrogen-bond donors (Lipinski definition) is 1. The Hall–Kier alpha value is -2.80. The molecule has 0 amide bonds. The van der Waals surface area contributed by atoms with Crippen LogP contribution in [0.5, 0.6) is 0 Å². The number of aryl methyl sites for hydroxylation is 2. The third kappa shape index (κ3) is 15.7. The highest BCUT2D eigenvalue weighted by Gasteiger charge is 2.00. The summed E-state index contributed by atoms with van der Waals surface area (Å²) in [5.41, 5.74) is 9.71. The van der Waals surface area contributed by atoms with Crippen LogP contribution in [0.4, 0.5) is 5.69 Å². The van der Waals surface area contributed by atoms with Gasteiger partial charge in [0.25, 0.3) is 0 Å². The normalized spacial score (nSPS) is 9.19. The van der Waals surface area contributed by atoms with Crippen molar-refractivity contribution in [3.8, 4) is 0 Å². The molecular weight excluding hydrogens is 374 g/mol. The van der Waals surface area contributed by atoms with Gasteiger partial charge in [-0.05, 0) is 71.2 Å². The number of nitrogens with one attached hydrogen (secondary N) is 1. The van der Waals surface area contributed by atoms with Crippen LogP contribution < -0.4 is 5.32 Å². The van der Waals surface area contributed by atoms with Gasteiger partial charge in [0.1, 0.15) is 0 Å². The van der Waals surface area contributed by atoms with E-state index in [2.05, 4.69) is 88.3 Å². The summed E-state index contributed by atoms with van der Waals surface area (Å²) in [5.74, 6) is 0. The van der Waals surface area contributed by atoms with Crippen molar-refractivity contribution < 1.29 is 0 Å². The van der Waals surface area contributed by atoms with E-state index in [9.17, 15) is 0 Å². The second kappa shape index (κ2) is 18.0. The highest BCUT2D eigenvalue weighted by molar-refractivity contribution is 5.74. The number of rotatable bonds is 5. The Morgan fingerprint density at radius 1 is 0.871 bits per heavy atom. The zero-order chi connectivity index (χ0) is 24.4. The maximum absolute atomic E-state index is 3.94. The summed E-state index contributed by atoms with van der Waals surface area (Å²) in [7, 11) is 1.93. The fourth-order valence-electron chi connectivity index (χ4n) is 2.57. The van der Waals surface area contributed by atoms with Gasteiger partial charge in [-0.15, -0.1) is 0 Å². The molecule has 0 atom stereocenters. The van der Waals surface area contributed by atoms with Crippen LogP contribution in [-0.4, -0.2) is 7.05 Å². The minimum Gasteiger partial charge on any atom is -0.388 e. The fourth-order valence-corrected chi connectivity index (χ4v) is 2.57. The molecule has 1 heteroatoms. The predicted octanol–water partition coefficient (Wildman–Crippen LogP) is 9.35. The molecule has 0 spiro atoms. The van der Waals surface area contributed by atoms with E-state index in [1.807, 2.05) is 53.8 Å². The Labute approximate surface area is 193 Å². The van der Waals surface area contributed by atoms with Crippen LogP contribution >= 0.6 is 0 Å². The topological polar surface area (TPSA) is 12.0 Å². The summed E-state index contributed by atoms with van der Waals surface area (Å²) < 4.78 is 0. The van der Waals surface area contributed by atoms with Crippen LogP contribution in [0.25, 0.3) is 5.57 Å². The van der Waals surface area contributed by atoms with E-state index in [0.717, 1.165) is 23.3 Å². The van der Waals surface area contributed by atoms with Crippen LogP contribution in [0.1, 0.15) is 63.8 Å². The van der Waals surface area contributed by atoms with Gasteiger partial charge in [0.2, 0.25) is 0 Å². The largest absolute Gasteiger partial charge is 0.388 e. The Kier molecular flexibility index (Phi) is 17.7. The second-order valence-corrected chi connectivity index (χ2v) is 7.55. The smallest absolute Gasteiger partial charge is 0.0413 e. The van der Waals surface area contributed by atoms with E-state index in [1.54, 1.807) is 0 Å². The SMILES string of the molecule is C=C(C)/C=C\C.C=C(C)Cc1ccc(C)cc1.C=C(C)c1cc(C)ccc1NC.CC. The molecule has 0 saturated heterocycles. The van der Waals surface area contributed by atoms with Gasteiger partial charge in [-0.2, -0.15) is 0 Å². The lowest BCUT2D eigenvalue weighted by atomic mass is 10.0. The first-order valence-corrected chi connectivity index (χ1v) is 11.0. The van der Waals surface area contributed by atoms with Gasteiger partial charge in [0.05, 0.1) is 0 Å². The van der Waals surface area contributed by atoms with Gasteiger partial charge in [-0.25, -0.2) is 0 Å². The minimum absolute atomic E-state index is 1.00. The second-order valence-electron chi connectivity index (χ2n) is 7.55. The third-order valence-electron chi connectivity index (χ3n) is 3.98. The van der Waals surface area contributed by atoms with Crippen LogP contribution in [0.2, 0.25) is 0 Å². The van der Waals surface area contributed by atoms with Crippen molar-refractivity contribution in [2.75, 3.05) is 12.4 Å². The van der Waals surface area contributed by atoms with Crippen LogP contribution in [0, 0.1) is 13.8 Å². The molecule has 2 rings (SSSR count). The summed E-state index contributed by atoms with van der Waals surface area (Å²) in [6.07, 6.45) is 4.95. The van der Waals surface area contributed by atoms with E-state index < -0.39 is 0 Å². The summed E-state index contributed by atoms with van der Waals surface area (Å²) in [6, 6.07) is 14.9. The highest BCUT2D eigenvalue weighted by atomic mass is 14.8. The zero-order valence-corrected chi connectivity index (χ0v) is 21.5. The van der Waals surface area contributed by atoms with Crippen molar-refractivity contribution in [1.82, 2.24) is 0 Å². The Balaban J connectivity index is 0. The summed E-state index contributed by atoms with van der Waals surface area (Å²) >= 11 is 0. The molecule has 0 unspecified atom stereocenters. The molecule has 0 aliphatic heterocycles. The summed E-state index contributed by atoms with van der Waals surface area (Å²) in [5, 5.41) is 3.14. The monoisotopic (exact) mass is 419 g/mol. The third-order valence-corrected chi connectivity index (χ3v) is 3.98. The summed E-state index contributed by atoms with van der Waals surface area (Å²) in [4.78, 5) is 0. The molecule has 0 radical (unpaired) electrons. The number of hydrogen-bond acceptors (Lipinski definition) is 1. The first kappa shape index (κ1) is 30.4. The lowest BCUT2D eigenvalue weighted by Gasteiger charge is -2.09. The van der Waals surface area contributed by atoms with E-state index in [4.69, 9.17) is 0 Å². The van der Waals surface area contributed by atoms with E-state index in [1.165, 1.54) is 27.8 Å². The van der Waals surface area contributed by atoms with Gasteiger partial charge in [0.15, 0.2) is 0 Å². The average molecular weight is 420 g/mol. The number of anilines is 1. The van der Waals surface area contributed by atoms with E-state index in [-0.39, 0.29) is 0 Å². The lowest BCUT2D eigenvalue weighted by molar-refractivity contribution is 1.15. The maximum Gasteiger partial charge on any atom is 0.0413 e. The zero-order valence-electron chi connectivity index (χ0n) is 21.5. The average Bonchev–Trinajstić information content (AvgIpc) is 2.71. The number of allylic oxidation sites excluding steroid dienone is 5. The van der Waals surface area contributed by atoms with Gasteiger partial charge < -0.3 is 5.32 Å². The maximum atomic E-state index is 3.94. The van der Waals surface area contributed by atoms with Crippen LogP contribution in [0.15, 0.2) is 85.5 Å². The van der Waals surface area contributed by atoms with Gasteiger partial charge in [0, 0.05) is 18.3 Å². The molecule has 1 nitrogen and oxygen atoms in total. The van der Waals surface area contributed by atoms with Gasteiger partial charge in [-0.1, -0.05) is 98.3 Å². The molecule has 0 fully saturated rings. The Morgan fingerprint density at radius 3 is 1.74 bits per heavy atom. The first-order valence-electron chi connectivity index (χ1n) is 11.0. The molecule has 0 aliphatic carbocycles. The van der Waals surface area contributed by atoms with Crippen LogP contribution in [-0.2, 0) is 6.42 Å². The lowest BCUT2D eigenvalue weighted by Crippen LogP contribution is -1.93. The minimum atomic E-state index is 1.00. The van der Waals surface area contributed by atoms with E-state index >= 15 is 0 Å². The first-order chi connectivity index (χ1) is 14.6. The van der Waals surface area contributed by atoms with Gasteiger partial charge >= 0.3 is 0 Å². The van der Waals surface area contributed by atoms with Crippen molar-refractivity contribution >= 4 is 11.3 Å². The highest BCUT2D eigenvalue weighted by Crippen LogP contribution is 2.22. The van der Waals surface area contributed by atoms with E-state index in [0.29, 0.717) is 0 Å².